The van der Waals surface area contributed by atoms with E-state index in [0.29, 0.717) is 16.3 Å². The quantitative estimate of drug-likeness (QED) is 0.496. The molecule has 0 radical (unpaired) electrons. The number of rotatable bonds is 5. The topological polar surface area (TPSA) is 128 Å². The van der Waals surface area contributed by atoms with E-state index >= 15 is 0 Å². The summed E-state index contributed by atoms with van der Waals surface area (Å²) < 4.78 is 30.2. The van der Waals surface area contributed by atoms with E-state index in [-0.39, 0.29) is 28.0 Å². The number of carboxylic acids is 1. The highest BCUT2D eigenvalue weighted by Crippen LogP contribution is 2.28. The number of aromatic nitrogens is 4. The summed E-state index contributed by atoms with van der Waals surface area (Å²) in [6, 6.07) is 14.1. The van der Waals surface area contributed by atoms with Gasteiger partial charge < -0.3 is 9.63 Å². The summed E-state index contributed by atoms with van der Waals surface area (Å²) in [6.07, 6.45) is 1.10. The Morgan fingerprint density at radius 3 is 2.60 bits per heavy atom. The minimum atomic E-state index is -3.42. The normalized spacial score (nSPS) is 11.5. The van der Waals surface area contributed by atoms with E-state index in [4.69, 9.17) is 16.1 Å². The van der Waals surface area contributed by atoms with E-state index in [0.717, 1.165) is 6.26 Å². The van der Waals surface area contributed by atoms with Crippen molar-refractivity contribution in [2.75, 3.05) is 6.26 Å². The molecule has 152 valence electrons. The van der Waals surface area contributed by atoms with Crippen LogP contribution in [0, 0.1) is 0 Å². The molecule has 11 heteroatoms. The summed E-state index contributed by atoms with van der Waals surface area (Å²) in [4.78, 5) is 15.8. The zero-order chi connectivity index (χ0) is 21.5. The summed E-state index contributed by atoms with van der Waals surface area (Å²) in [5.41, 5.74) is 0.858. The molecule has 0 aliphatic rings. The van der Waals surface area contributed by atoms with E-state index < -0.39 is 15.8 Å². The SMILES string of the molecule is CS(=O)(=O)c1cccc(-c2nc(-c3cc(C(=O)O)nn3-c3ccccc3Cl)no2)c1. The summed E-state index contributed by atoms with van der Waals surface area (Å²) in [5.74, 6) is -1.10. The van der Waals surface area contributed by atoms with Crippen molar-refractivity contribution in [3.63, 3.8) is 0 Å². The van der Waals surface area contributed by atoms with Crippen LogP contribution >= 0.6 is 11.6 Å². The lowest BCUT2D eigenvalue weighted by Crippen LogP contribution is -2.03. The minimum absolute atomic E-state index is 0.0645. The Kier molecular flexibility index (Phi) is 4.88. The number of hydrogen-bond acceptors (Lipinski definition) is 7. The Morgan fingerprint density at radius 1 is 1.13 bits per heavy atom. The van der Waals surface area contributed by atoms with Gasteiger partial charge in [0.05, 0.1) is 15.6 Å². The number of halogens is 1. The third kappa shape index (κ3) is 3.70. The minimum Gasteiger partial charge on any atom is -0.476 e. The fourth-order valence-electron chi connectivity index (χ4n) is 2.76. The molecule has 0 fully saturated rings. The highest BCUT2D eigenvalue weighted by atomic mass is 35.5. The van der Waals surface area contributed by atoms with Crippen LogP contribution in [0.25, 0.3) is 28.7 Å². The molecule has 0 saturated carbocycles. The van der Waals surface area contributed by atoms with Gasteiger partial charge in [0.15, 0.2) is 15.5 Å². The average molecular weight is 445 g/mol. The molecule has 0 saturated heterocycles. The molecule has 0 unspecified atom stereocenters. The molecule has 0 bridgehead atoms. The summed E-state index contributed by atoms with van der Waals surface area (Å²) in [5, 5.41) is 17.7. The van der Waals surface area contributed by atoms with Crippen molar-refractivity contribution < 1.29 is 22.8 Å². The predicted octanol–water partition coefficient (Wildman–Crippen LogP) is 3.34. The van der Waals surface area contributed by atoms with Crippen LogP contribution in [-0.4, -0.2) is 45.7 Å². The second kappa shape index (κ2) is 7.39. The number of hydrogen-bond donors (Lipinski definition) is 1. The molecule has 0 spiro atoms. The van der Waals surface area contributed by atoms with Crippen LogP contribution in [0.3, 0.4) is 0 Å². The van der Waals surface area contributed by atoms with Gasteiger partial charge in [0, 0.05) is 17.9 Å². The van der Waals surface area contributed by atoms with Crippen molar-refractivity contribution in [1.82, 2.24) is 19.9 Å². The molecular formula is C19H13ClN4O5S. The molecule has 9 nitrogen and oxygen atoms in total. The van der Waals surface area contributed by atoms with Crippen LogP contribution in [-0.2, 0) is 9.84 Å². The number of carbonyl (C=O) groups is 1. The van der Waals surface area contributed by atoms with Crippen LogP contribution < -0.4 is 0 Å². The van der Waals surface area contributed by atoms with Crippen LogP contribution in [0.2, 0.25) is 5.02 Å². The lowest BCUT2D eigenvalue weighted by Gasteiger charge is -2.06. The van der Waals surface area contributed by atoms with Crippen LogP contribution in [0.5, 0.6) is 0 Å². The van der Waals surface area contributed by atoms with Gasteiger partial charge in [-0.25, -0.2) is 17.9 Å². The molecule has 2 aromatic carbocycles. The number of nitrogens with zero attached hydrogens (tertiary/aromatic N) is 4. The Bertz CT molecular complexity index is 1380. The van der Waals surface area contributed by atoms with Crippen molar-refractivity contribution in [2.45, 2.75) is 4.90 Å². The predicted molar refractivity (Wildman–Crippen MR) is 107 cm³/mol. The number of aromatic carboxylic acids is 1. The first kappa shape index (κ1) is 19.8. The fraction of sp³-hybridized carbons (Fsp3) is 0.0526. The van der Waals surface area contributed by atoms with Crippen molar-refractivity contribution in [3.05, 3.63) is 65.3 Å². The molecule has 2 aromatic heterocycles. The summed E-state index contributed by atoms with van der Waals surface area (Å²) in [7, 11) is -3.42. The highest BCUT2D eigenvalue weighted by Gasteiger charge is 2.22. The Hall–Kier alpha value is -3.50. The first-order chi connectivity index (χ1) is 14.2. The molecule has 2 heterocycles. The van der Waals surface area contributed by atoms with Gasteiger partial charge in [0.1, 0.15) is 5.69 Å². The van der Waals surface area contributed by atoms with Crippen LogP contribution in [0.15, 0.2) is 64.0 Å². The molecule has 0 atom stereocenters. The van der Waals surface area contributed by atoms with Gasteiger partial charge in [0.25, 0.3) is 5.89 Å². The number of para-hydroxylation sites is 1. The monoisotopic (exact) mass is 444 g/mol. The standard InChI is InChI=1S/C19H13ClN4O5S/c1-30(27,28)12-6-4-5-11(9-12)18-21-17(23-29-18)16-10-14(19(25)26)22-24(16)15-8-3-2-7-13(15)20/h2-10H,1H3,(H,25,26). The molecule has 4 aromatic rings. The maximum Gasteiger partial charge on any atom is 0.356 e. The Balaban J connectivity index is 1.83. The largest absolute Gasteiger partial charge is 0.476 e. The highest BCUT2D eigenvalue weighted by molar-refractivity contribution is 7.90. The van der Waals surface area contributed by atoms with Gasteiger partial charge in [0.2, 0.25) is 5.82 Å². The second-order valence-corrected chi connectivity index (χ2v) is 8.73. The van der Waals surface area contributed by atoms with Gasteiger partial charge >= 0.3 is 5.97 Å². The third-order valence-corrected chi connectivity index (χ3v) is 5.60. The second-order valence-electron chi connectivity index (χ2n) is 6.31. The number of sulfone groups is 1. The van der Waals surface area contributed by atoms with E-state index in [1.807, 2.05) is 0 Å². The first-order valence-electron chi connectivity index (χ1n) is 8.47. The zero-order valence-corrected chi connectivity index (χ0v) is 16.9. The lowest BCUT2D eigenvalue weighted by atomic mass is 10.2. The van der Waals surface area contributed by atoms with E-state index in [1.165, 1.54) is 22.9 Å². The van der Waals surface area contributed by atoms with Crippen LogP contribution in [0.1, 0.15) is 10.5 Å². The molecule has 0 amide bonds. The van der Waals surface area contributed by atoms with Crippen molar-refractivity contribution in [2.24, 2.45) is 0 Å². The lowest BCUT2D eigenvalue weighted by molar-refractivity contribution is 0.0690. The fourth-order valence-corrected chi connectivity index (χ4v) is 3.64. The third-order valence-electron chi connectivity index (χ3n) is 4.17. The maximum absolute atomic E-state index is 11.8. The summed E-state index contributed by atoms with van der Waals surface area (Å²) >= 11 is 6.24. The van der Waals surface area contributed by atoms with E-state index in [9.17, 15) is 18.3 Å². The van der Waals surface area contributed by atoms with E-state index in [2.05, 4.69) is 15.2 Å². The zero-order valence-electron chi connectivity index (χ0n) is 15.4. The maximum atomic E-state index is 11.8. The van der Waals surface area contributed by atoms with Gasteiger partial charge in [-0.15, -0.1) is 0 Å². The number of carboxylic acid groups (broad SMARTS) is 1. The van der Waals surface area contributed by atoms with Gasteiger partial charge in [-0.2, -0.15) is 10.1 Å². The first-order valence-corrected chi connectivity index (χ1v) is 10.7. The Labute approximate surface area is 175 Å². The smallest absolute Gasteiger partial charge is 0.356 e. The molecule has 30 heavy (non-hydrogen) atoms. The summed E-state index contributed by atoms with van der Waals surface area (Å²) in [6.45, 7) is 0. The van der Waals surface area contributed by atoms with E-state index in [1.54, 1.807) is 36.4 Å². The van der Waals surface area contributed by atoms with Crippen LogP contribution in [0.4, 0.5) is 0 Å². The number of benzene rings is 2. The molecule has 4 rings (SSSR count). The molecule has 1 N–H and O–H groups in total. The molecule has 0 aliphatic heterocycles. The average Bonchev–Trinajstić information content (AvgIpc) is 3.35. The van der Waals surface area contributed by atoms with Gasteiger partial charge in [-0.3, -0.25) is 0 Å². The Morgan fingerprint density at radius 2 is 1.90 bits per heavy atom. The van der Waals surface area contributed by atoms with Crippen molar-refractivity contribution >= 4 is 27.4 Å². The van der Waals surface area contributed by atoms with Crippen molar-refractivity contribution in [3.8, 4) is 28.7 Å². The van der Waals surface area contributed by atoms with Gasteiger partial charge in [-0.05, 0) is 30.3 Å². The molecular weight excluding hydrogens is 432 g/mol. The van der Waals surface area contributed by atoms with Crippen molar-refractivity contribution in [1.29, 1.82) is 0 Å². The molecule has 0 aliphatic carbocycles. The van der Waals surface area contributed by atoms with Gasteiger partial charge in [-0.1, -0.05) is 35.0 Å².